The van der Waals surface area contributed by atoms with Crippen LogP contribution in [-0.2, 0) is 6.54 Å². The quantitative estimate of drug-likeness (QED) is 0.390. The third kappa shape index (κ3) is 5.95. The fraction of sp³-hybridized carbons (Fsp3) is 0.379. The van der Waals surface area contributed by atoms with Gasteiger partial charge in [0.05, 0.1) is 11.4 Å². The van der Waals surface area contributed by atoms with Gasteiger partial charge in [-0.1, -0.05) is 60.7 Å². The SMILES string of the molecule is c1ccc(N=Nc2ccc(CN3CCN(C4CCC(c5ccccc5)CC4)CC3)cc2)cc1. The Labute approximate surface area is 198 Å². The van der Waals surface area contributed by atoms with Crippen molar-refractivity contribution in [2.24, 2.45) is 10.2 Å². The summed E-state index contributed by atoms with van der Waals surface area (Å²) in [6, 6.07) is 30.3. The van der Waals surface area contributed by atoms with Crippen molar-refractivity contribution in [3.8, 4) is 0 Å². The summed E-state index contributed by atoms with van der Waals surface area (Å²) in [6.45, 7) is 5.74. The van der Waals surface area contributed by atoms with Crippen LogP contribution >= 0.6 is 0 Å². The number of hydrogen-bond donors (Lipinski definition) is 0. The van der Waals surface area contributed by atoms with Crippen molar-refractivity contribution in [2.75, 3.05) is 26.2 Å². The second-order valence-electron chi connectivity index (χ2n) is 9.43. The van der Waals surface area contributed by atoms with Crippen molar-refractivity contribution in [3.63, 3.8) is 0 Å². The van der Waals surface area contributed by atoms with Gasteiger partial charge in [0.2, 0.25) is 0 Å². The predicted octanol–water partition coefficient (Wildman–Crippen LogP) is 6.95. The van der Waals surface area contributed by atoms with Crippen LogP contribution in [0.2, 0.25) is 0 Å². The minimum atomic E-state index is 0.763. The molecule has 0 N–H and O–H groups in total. The van der Waals surface area contributed by atoms with Crippen molar-refractivity contribution in [3.05, 3.63) is 96.1 Å². The lowest BCUT2D eigenvalue weighted by Gasteiger charge is -2.42. The summed E-state index contributed by atoms with van der Waals surface area (Å²) in [7, 11) is 0. The standard InChI is InChI=1S/C29H34N4/c1-3-7-25(8-4-1)26-13-17-29(18-14-26)33-21-19-32(20-22-33)23-24-11-15-28(16-12-24)31-30-27-9-5-2-6-10-27/h1-12,15-16,26,29H,13-14,17-23H2. The molecule has 1 saturated carbocycles. The van der Waals surface area contributed by atoms with E-state index in [1.54, 1.807) is 0 Å². The van der Waals surface area contributed by atoms with Gasteiger partial charge in [0.15, 0.2) is 0 Å². The molecule has 33 heavy (non-hydrogen) atoms. The Morgan fingerprint density at radius 1 is 0.606 bits per heavy atom. The molecule has 0 spiro atoms. The summed E-state index contributed by atoms with van der Waals surface area (Å²) in [5.41, 5.74) is 4.67. The van der Waals surface area contributed by atoms with E-state index in [9.17, 15) is 0 Å². The molecule has 3 aromatic rings. The lowest BCUT2D eigenvalue weighted by atomic mass is 9.81. The van der Waals surface area contributed by atoms with E-state index in [1.807, 2.05) is 30.3 Å². The van der Waals surface area contributed by atoms with Crippen molar-refractivity contribution in [1.82, 2.24) is 9.80 Å². The van der Waals surface area contributed by atoms with Gasteiger partial charge in [0.1, 0.15) is 0 Å². The summed E-state index contributed by atoms with van der Waals surface area (Å²) in [6.07, 6.45) is 5.36. The summed E-state index contributed by atoms with van der Waals surface area (Å²) >= 11 is 0. The number of piperazine rings is 1. The van der Waals surface area contributed by atoms with Crippen molar-refractivity contribution in [2.45, 2.75) is 44.2 Å². The first kappa shape index (κ1) is 22.0. The monoisotopic (exact) mass is 438 g/mol. The summed E-state index contributed by atoms with van der Waals surface area (Å²) in [5, 5.41) is 8.66. The van der Waals surface area contributed by atoms with Gasteiger partial charge in [-0.3, -0.25) is 9.80 Å². The summed E-state index contributed by atoms with van der Waals surface area (Å²) in [5.74, 6) is 0.763. The Morgan fingerprint density at radius 3 is 1.82 bits per heavy atom. The maximum Gasteiger partial charge on any atom is 0.0857 e. The van der Waals surface area contributed by atoms with Gasteiger partial charge < -0.3 is 0 Å². The van der Waals surface area contributed by atoms with E-state index in [0.717, 1.165) is 43.0 Å². The minimum Gasteiger partial charge on any atom is -0.298 e. The van der Waals surface area contributed by atoms with Gasteiger partial charge in [-0.15, -0.1) is 0 Å². The number of hydrogen-bond acceptors (Lipinski definition) is 4. The second-order valence-corrected chi connectivity index (χ2v) is 9.43. The van der Waals surface area contributed by atoms with Crippen LogP contribution < -0.4 is 0 Å². The summed E-state index contributed by atoms with van der Waals surface area (Å²) < 4.78 is 0. The molecule has 2 fully saturated rings. The van der Waals surface area contributed by atoms with Crippen LogP contribution in [0.3, 0.4) is 0 Å². The molecule has 5 rings (SSSR count). The first-order chi connectivity index (χ1) is 16.3. The lowest BCUT2D eigenvalue weighted by molar-refractivity contribution is 0.0727. The minimum absolute atomic E-state index is 0.763. The van der Waals surface area contributed by atoms with Crippen LogP contribution in [0.15, 0.2) is 95.2 Å². The van der Waals surface area contributed by atoms with Gasteiger partial charge in [-0.2, -0.15) is 10.2 Å². The highest BCUT2D eigenvalue weighted by Gasteiger charge is 2.28. The molecule has 0 bridgehead atoms. The molecule has 3 aromatic carbocycles. The molecule has 1 aliphatic heterocycles. The first-order valence-corrected chi connectivity index (χ1v) is 12.4. The zero-order valence-corrected chi connectivity index (χ0v) is 19.4. The maximum atomic E-state index is 4.36. The van der Waals surface area contributed by atoms with Gasteiger partial charge in [-0.25, -0.2) is 0 Å². The smallest absolute Gasteiger partial charge is 0.0857 e. The topological polar surface area (TPSA) is 31.2 Å². The van der Waals surface area contributed by atoms with Crippen LogP contribution in [0.1, 0.15) is 42.7 Å². The Kier molecular flexibility index (Phi) is 7.24. The van der Waals surface area contributed by atoms with Crippen LogP contribution in [0.4, 0.5) is 11.4 Å². The Hall–Kier alpha value is -2.82. The van der Waals surface area contributed by atoms with Crippen molar-refractivity contribution < 1.29 is 0 Å². The average Bonchev–Trinajstić information content (AvgIpc) is 2.90. The van der Waals surface area contributed by atoms with E-state index in [0.29, 0.717) is 0 Å². The molecule has 170 valence electrons. The van der Waals surface area contributed by atoms with Crippen molar-refractivity contribution in [1.29, 1.82) is 0 Å². The summed E-state index contributed by atoms with van der Waals surface area (Å²) in [4.78, 5) is 5.34. The largest absolute Gasteiger partial charge is 0.298 e. The Bertz CT molecular complexity index is 1000. The molecule has 2 aliphatic rings. The van der Waals surface area contributed by atoms with Gasteiger partial charge in [-0.05, 0) is 67.0 Å². The predicted molar refractivity (Wildman–Crippen MR) is 135 cm³/mol. The number of nitrogens with zero attached hydrogens (tertiary/aromatic N) is 4. The highest BCUT2D eigenvalue weighted by atomic mass is 15.3. The second kappa shape index (κ2) is 10.9. The van der Waals surface area contributed by atoms with E-state index >= 15 is 0 Å². The Morgan fingerprint density at radius 2 is 1.18 bits per heavy atom. The number of azo groups is 1. The maximum absolute atomic E-state index is 4.36. The first-order valence-electron chi connectivity index (χ1n) is 12.4. The van der Waals surface area contributed by atoms with Crippen molar-refractivity contribution >= 4 is 11.4 Å². The molecule has 0 atom stereocenters. The molecule has 1 saturated heterocycles. The number of rotatable bonds is 6. The van der Waals surface area contributed by atoms with E-state index in [4.69, 9.17) is 0 Å². The van der Waals surface area contributed by atoms with E-state index < -0.39 is 0 Å². The van der Waals surface area contributed by atoms with Crippen LogP contribution in [-0.4, -0.2) is 42.0 Å². The van der Waals surface area contributed by atoms with Gasteiger partial charge in [0, 0.05) is 38.8 Å². The molecular formula is C29H34N4. The lowest BCUT2D eigenvalue weighted by Crippen LogP contribution is -2.50. The Balaban J connectivity index is 1.06. The molecule has 0 amide bonds. The third-order valence-corrected chi connectivity index (χ3v) is 7.27. The molecule has 0 aromatic heterocycles. The zero-order chi connectivity index (χ0) is 22.3. The van der Waals surface area contributed by atoms with Crippen LogP contribution in [0.5, 0.6) is 0 Å². The molecule has 0 unspecified atom stereocenters. The third-order valence-electron chi connectivity index (χ3n) is 7.27. The van der Waals surface area contributed by atoms with E-state index in [1.165, 1.54) is 49.9 Å². The highest BCUT2D eigenvalue weighted by molar-refractivity contribution is 5.41. The molecule has 4 nitrogen and oxygen atoms in total. The highest BCUT2D eigenvalue weighted by Crippen LogP contribution is 2.35. The number of benzene rings is 3. The van der Waals surface area contributed by atoms with E-state index in [-0.39, 0.29) is 0 Å². The molecule has 1 aliphatic carbocycles. The fourth-order valence-corrected chi connectivity index (χ4v) is 5.32. The fourth-order valence-electron chi connectivity index (χ4n) is 5.32. The zero-order valence-electron chi connectivity index (χ0n) is 19.4. The average molecular weight is 439 g/mol. The normalized spacial score (nSPS) is 22.5. The van der Waals surface area contributed by atoms with E-state index in [2.05, 4.69) is 74.6 Å². The molecule has 0 radical (unpaired) electrons. The molecule has 1 heterocycles. The van der Waals surface area contributed by atoms with Gasteiger partial charge in [0.25, 0.3) is 0 Å². The molecule has 4 heteroatoms. The van der Waals surface area contributed by atoms with Gasteiger partial charge >= 0.3 is 0 Å². The molecular weight excluding hydrogens is 404 g/mol. The van der Waals surface area contributed by atoms with Crippen LogP contribution in [0.25, 0.3) is 0 Å². The van der Waals surface area contributed by atoms with Crippen LogP contribution in [0, 0.1) is 0 Å².